The number of rotatable bonds is 3. The maximum absolute atomic E-state index is 11.6. The summed E-state index contributed by atoms with van der Waals surface area (Å²) in [5.41, 5.74) is -0.598. The molecule has 1 saturated carbocycles. The van der Waals surface area contributed by atoms with Gasteiger partial charge in [0.05, 0.1) is 0 Å². The first-order valence-corrected chi connectivity index (χ1v) is 7.92. The van der Waals surface area contributed by atoms with Gasteiger partial charge in [-0.1, -0.05) is 43.0 Å². The third-order valence-electron chi connectivity index (χ3n) is 4.71. The second-order valence-electron chi connectivity index (χ2n) is 6.17. The maximum Gasteiger partial charge on any atom is 0.509 e. The molecule has 0 radical (unpaired) electrons. The summed E-state index contributed by atoms with van der Waals surface area (Å²) in [6.07, 6.45) is 2.46. The zero-order valence-electron chi connectivity index (χ0n) is 12.8. The Kier molecular flexibility index (Phi) is 3.26. The summed E-state index contributed by atoms with van der Waals surface area (Å²) in [4.78, 5) is 11.6. The molecular weight excluding hydrogens is 292 g/mol. The van der Waals surface area contributed by atoms with Crippen molar-refractivity contribution in [2.75, 3.05) is 0 Å². The number of cyclic esters (lactones) is 1. The van der Waals surface area contributed by atoms with Gasteiger partial charge in [-0.3, -0.25) is 0 Å². The zero-order valence-corrected chi connectivity index (χ0v) is 12.8. The van der Waals surface area contributed by atoms with Gasteiger partial charge >= 0.3 is 6.16 Å². The Bertz CT molecular complexity index is 769. The van der Waals surface area contributed by atoms with Crippen LogP contribution in [-0.4, -0.2) is 17.9 Å². The zero-order chi connectivity index (χ0) is 15.9. The van der Waals surface area contributed by atoms with E-state index < -0.39 is 17.9 Å². The van der Waals surface area contributed by atoms with E-state index in [1.165, 1.54) is 0 Å². The van der Waals surface area contributed by atoms with Crippen LogP contribution in [0, 0.1) is 0 Å². The fourth-order valence-corrected chi connectivity index (χ4v) is 3.62. The molecule has 1 atom stereocenters. The highest BCUT2D eigenvalue weighted by Crippen LogP contribution is 2.44. The van der Waals surface area contributed by atoms with Crippen LogP contribution >= 0.6 is 0 Å². The Labute approximate surface area is 134 Å². The largest absolute Gasteiger partial charge is 0.509 e. The van der Waals surface area contributed by atoms with Gasteiger partial charge < -0.3 is 14.2 Å². The SMILES string of the molecule is C=C(Oc1cccc2ccccc12)C1OC(=O)OC12CCCC2. The molecule has 0 bridgehead atoms. The number of carbonyl (C=O) groups excluding carboxylic acids is 1. The first-order valence-electron chi connectivity index (χ1n) is 7.92. The third-order valence-corrected chi connectivity index (χ3v) is 4.71. The molecule has 4 nitrogen and oxygen atoms in total. The first-order chi connectivity index (χ1) is 11.2. The van der Waals surface area contributed by atoms with Gasteiger partial charge in [0.25, 0.3) is 0 Å². The first kappa shape index (κ1) is 14.1. The highest BCUT2D eigenvalue weighted by Gasteiger charge is 2.55. The summed E-state index contributed by atoms with van der Waals surface area (Å²) in [5, 5.41) is 2.09. The van der Waals surface area contributed by atoms with Crippen molar-refractivity contribution >= 4 is 16.9 Å². The molecule has 1 aliphatic heterocycles. The van der Waals surface area contributed by atoms with Crippen molar-refractivity contribution in [2.45, 2.75) is 37.4 Å². The molecule has 2 aliphatic rings. The van der Waals surface area contributed by atoms with Crippen molar-refractivity contribution in [2.24, 2.45) is 0 Å². The molecule has 1 unspecified atom stereocenters. The lowest BCUT2D eigenvalue weighted by molar-refractivity contribution is 0.0363. The van der Waals surface area contributed by atoms with Crippen molar-refractivity contribution in [3.05, 3.63) is 54.8 Å². The highest BCUT2D eigenvalue weighted by atomic mass is 16.8. The van der Waals surface area contributed by atoms with Crippen molar-refractivity contribution in [3.63, 3.8) is 0 Å². The van der Waals surface area contributed by atoms with Crippen molar-refractivity contribution < 1.29 is 19.0 Å². The number of hydrogen-bond donors (Lipinski definition) is 0. The van der Waals surface area contributed by atoms with Gasteiger partial charge in [-0.25, -0.2) is 4.79 Å². The third kappa shape index (κ3) is 2.34. The lowest BCUT2D eigenvalue weighted by atomic mass is 9.94. The van der Waals surface area contributed by atoms with Gasteiger partial charge in [0.15, 0.2) is 5.60 Å². The van der Waals surface area contributed by atoms with Crippen LogP contribution in [0.5, 0.6) is 5.75 Å². The number of fused-ring (bicyclic) bond motifs is 1. The van der Waals surface area contributed by atoms with Crippen LogP contribution in [0.15, 0.2) is 54.8 Å². The molecule has 118 valence electrons. The van der Waals surface area contributed by atoms with Crippen molar-refractivity contribution in [1.29, 1.82) is 0 Å². The summed E-state index contributed by atoms with van der Waals surface area (Å²) in [6, 6.07) is 13.8. The van der Waals surface area contributed by atoms with Gasteiger partial charge in [-0.15, -0.1) is 0 Å². The Morgan fingerprint density at radius 1 is 1.13 bits per heavy atom. The number of ether oxygens (including phenoxy) is 3. The molecule has 4 rings (SSSR count). The highest BCUT2D eigenvalue weighted by molar-refractivity contribution is 5.88. The lowest BCUT2D eigenvalue weighted by Crippen LogP contribution is -2.39. The molecule has 2 aromatic rings. The Balaban J connectivity index is 1.63. The smallest absolute Gasteiger partial charge is 0.458 e. The minimum absolute atomic E-state index is 0.425. The minimum atomic E-state index is -0.625. The van der Waals surface area contributed by atoms with Crippen LogP contribution in [0.1, 0.15) is 25.7 Å². The molecule has 1 saturated heterocycles. The Morgan fingerprint density at radius 3 is 2.70 bits per heavy atom. The van der Waals surface area contributed by atoms with Crippen molar-refractivity contribution in [3.8, 4) is 5.75 Å². The molecule has 4 heteroatoms. The fourth-order valence-electron chi connectivity index (χ4n) is 3.62. The van der Waals surface area contributed by atoms with E-state index in [1.54, 1.807) is 0 Å². The molecule has 1 spiro atoms. The van der Waals surface area contributed by atoms with E-state index in [2.05, 4.69) is 6.58 Å². The quantitative estimate of drug-likeness (QED) is 0.615. The predicted octanol–water partition coefficient (Wildman–Crippen LogP) is 4.58. The van der Waals surface area contributed by atoms with Gasteiger partial charge in [-0.05, 0) is 37.1 Å². The molecule has 2 fully saturated rings. The summed E-state index contributed by atoms with van der Waals surface area (Å²) in [5.74, 6) is 1.14. The molecule has 1 heterocycles. The number of hydrogen-bond acceptors (Lipinski definition) is 4. The second-order valence-corrected chi connectivity index (χ2v) is 6.17. The molecule has 23 heavy (non-hydrogen) atoms. The van der Waals surface area contributed by atoms with Crippen LogP contribution in [0.2, 0.25) is 0 Å². The van der Waals surface area contributed by atoms with Crippen LogP contribution < -0.4 is 4.74 Å². The standard InChI is InChI=1S/C19H18O4/c1-13(17-19(11-4-5-12-19)23-18(20)22-17)21-16-10-6-8-14-7-2-3-9-15(14)16/h2-3,6-10,17H,1,4-5,11-12H2. The second kappa shape index (κ2) is 5.30. The Hall–Kier alpha value is -2.49. The van der Waals surface area contributed by atoms with Gasteiger partial charge in [0, 0.05) is 5.39 Å². The van der Waals surface area contributed by atoms with Crippen LogP contribution in [0.3, 0.4) is 0 Å². The normalized spacial score (nSPS) is 22.1. The van der Waals surface area contributed by atoms with Gasteiger partial charge in [0.2, 0.25) is 6.10 Å². The predicted molar refractivity (Wildman–Crippen MR) is 86.3 cm³/mol. The average Bonchev–Trinajstić information content (AvgIpc) is 3.15. The van der Waals surface area contributed by atoms with E-state index in [1.807, 2.05) is 42.5 Å². The summed E-state index contributed by atoms with van der Waals surface area (Å²) in [6.45, 7) is 4.01. The number of carbonyl (C=O) groups is 1. The lowest BCUT2D eigenvalue weighted by Gasteiger charge is -2.27. The van der Waals surface area contributed by atoms with Crippen LogP contribution in [0.25, 0.3) is 10.8 Å². The molecule has 1 aliphatic carbocycles. The molecule has 0 N–H and O–H groups in total. The average molecular weight is 310 g/mol. The summed E-state index contributed by atoms with van der Waals surface area (Å²) >= 11 is 0. The minimum Gasteiger partial charge on any atom is -0.458 e. The Morgan fingerprint density at radius 2 is 1.87 bits per heavy atom. The summed E-state index contributed by atoms with van der Waals surface area (Å²) < 4.78 is 16.8. The molecule has 0 aromatic heterocycles. The van der Waals surface area contributed by atoms with Gasteiger partial charge in [-0.2, -0.15) is 0 Å². The van der Waals surface area contributed by atoms with Crippen molar-refractivity contribution in [1.82, 2.24) is 0 Å². The van der Waals surface area contributed by atoms with Gasteiger partial charge in [0.1, 0.15) is 11.5 Å². The van der Waals surface area contributed by atoms with E-state index in [4.69, 9.17) is 14.2 Å². The van der Waals surface area contributed by atoms with E-state index in [0.717, 1.165) is 36.5 Å². The van der Waals surface area contributed by atoms with Crippen LogP contribution in [-0.2, 0) is 9.47 Å². The maximum atomic E-state index is 11.6. The van der Waals surface area contributed by atoms with E-state index in [-0.39, 0.29) is 0 Å². The summed E-state index contributed by atoms with van der Waals surface area (Å²) in [7, 11) is 0. The van der Waals surface area contributed by atoms with Crippen LogP contribution in [0.4, 0.5) is 4.79 Å². The monoisotopic (exact) mass is 310 g/mol. The molecular formula is C19H18O4. The fraction of sp³-hybridized carbons (Fsp3) is 0.316. The topological polar surface area (TPSA) is 44.8 Å². The number of benzene rings is 2. The molecule has 2 aromatic carbocycles. The van der Waals surface area contributed by atoms with E-state index in [0.29, 0.717) is 11.5 Å². The molecule has 0 amide bonds. The van der Waals surface area contributed by atoms with E-state index >= 15 is 0 Å². The van der Waals surface area contributed by atoms with E-state index in [9.17, 15) is 4.79 Å².